The Morgan fingerprint density at radius 2 is 1.86 bits per heavy atom. The molecular formula is C20H16Cl2N2O4. The predicted molar refractivity (Wildman–Crippen MR) is 106 cm³/mol. The topological polar surface area (TPSA) is 92.4 Å². The lowest BCUT2D eigenvalue weighted by atomic mass is 10.0. The average Bonchev–Trinajstić information content (AvgIpc) is 3.06. The summed E-state index contributed by atoms with van der Waals surface area (Å²) in [7, 11) is 0. The maximum Gasteiger partial charge on any atom is 0.305 e. The first kappa shape index (κ1) is 19.9. The van der Waals surface area contributed by atoms with E-state index >= 15 is 0 Å². The maximum atomic E-state index is 12.8. The van der Waals surface area contributed by atoms with Gasteiger partial charge in [-0.1, -0.05) is 53.5 Å². The van der Waals surface area contributed by atoms with Crippen LogP contribution in [0.25, 0.3) is 11.5 Å². The molecule has 6 nitrogen and oxygen atoms in total. The van der Waals surface area contributed by atoms with Crippen LogP contribution in [0.2, 0.25) is 10.0 Å². The molecule has 0 aliphatic rings. The van der Waals surface area contributed by atoms with Gasteiger partial charge in [-0.2, -0.15) is 0 Å². The number of aliphatic carboxylic acids is 1. The van der Waals surface area contributed by atoms with Crippen molar-refractivity contribution in [1.29, 1.82) is 0 Å². The number of carbonyl (C=O) groups is 2. The number of oxazole rings is 1. The number of aromatic nitrogens is 1. The number of hydrogen-bond acceptors (Lipinski definition) is 4. The van der Waals surface area contributed by atoms with E-state index in [1.807, 2.05) is 30.3 Å². The highest BCUT2D eigenvalue weighted by atomic mass is 35.5. The van der Waals surface area contributed by atoms with Crippen molar-refractivity contribution in [2.24, 2.45) is 0 Å². The molecule has 0 fully saturated rings. The Labute approximate surface area is 171 Å². The van der Waals surface area contributed by atoms with Crippen LogP contribution in [0.3, 0.4) is 0 Å². The van der Waals surface area contributed by atoms with E-state index in [2.05, 4.69) is 10.3 Å². The van der Waals surface area contributed by atoms with E-state index in [1.54, 1.807) is 25.1 Å². The zero-order valence-corrected chi connectivity index (χ0v) is 16.3. The van der Waals surface area contributed by atoms with Gasteiger partial charge in [0.05, 0.1) is 22.5 Å². The number of nitrogens with zero attached hydrogens (tertiary/aromatic N) is 1. The first-order valence-electron chi connectivity index (χ1n) is 8.36. The van der Waals surface area contributed by atoms with E-state index < -0.39 is 17.9 Å². The van der Waals surface area contributed by atoms with Crippen molar-refractivity contribution in [1.82, 2.24) is 10.3 Å². The fourth-order valence-electron chi connectivity index (χ4n) is 2.74. The molecule has 1 amide bonds. The largest absolute Gasteiger partial charge is 0.481 e. The summed E-state index contributed by atoms with van der Waals surface area (Å²) in [5.74, 6) is -1.03. The van der Waals surface area contributed by atoms with Gasteiger partial charge < -0.3 is 14.8 Å². The molecule has 1 atom stereocenters. The molecule has 3 rings (SSSR count). The Kier molecular flexibility index (Phi) is 6.02. The number of aryl methyl sites for hydroxylation is 1. The van der Waals surface area contributed by atoms with Gasteiger partial charge in [-0.25, -0.2) is 4.98 Å². The second-order valence-electron chi connectivity index (χ2n) is 6.06. The zero-order chi connectivity index (χ0) is 20.3. The number of rotatable bonds is 6. The first-order chi connectivity index (χ1) is 13.4. The van der Waals surface area contributed by atoms with Crippen LogP contribution in [-0.2, 0) is 4.79 Å². The molecule has 144 valence electrons. The van der Waals surface area contributed by atoms with Crippen LogP contribution in [0, 0.1) is 6.92 Å². The summed E-state index contributed by atoms with van der Waals surface area (Å²) in [6.07, 6.45) is -0.367. The second-order valence-corrected chi connectivity index (χ2v) is 6.84. The minimum atomic E-state index is -1.09. The monoisotopic (exact) mass is 418 g/mol. The molecule has 1 unspecified atom stereocenters. The van der Waals surface area contributed by atoms with Crippen molar-refractivity contribution in [3.63, 3.8) is 0 Å². The smallest absolute Gasteiger partial charge is 0.305 e. The Bertz CT molecular complexity index is 1020. The molecular weight excluding hydrogens is 403 g/mol. The van der Waals surface area contributed by atoms with Gasteiger partial charge in [-0.05, 0) is 30.7 Å². The van der Waals surface area contributed by atoms with Gasteiger partial charge in [0.2, 0.25) is 5.89 Å². The van der Waals surface area contributed by atoms with E-state index in [0.29, 0.717) is 17.2 Å². The van der Waals surface area contributed by atoms with Crippen LogP contribution < -0.4 is 5.32 Å². The number of benzene rings is 2. The van der Waals surface area contributed by atoms with Gasteiger partial charge in [-0.3, -0.25) is 9.59 Å². The molecule has 0 saturated heterocycles. The quantitative estimate of drug-likeness (QED) is 0.593. The number of nitrogens with one attached hydrogen (secondary N) is 1. The highest BCUT2D eigenvalue weighted by Gasteiger charge is 2.25. The van der Waals surface area contributed by atoms with E-state index in [9.17, 15) is 14.7 Å². The van der Waals surface area contributed by atoms with Gasteiger partial charge in [0.25, 0.3) is 5.91 Å². The van der Waals surface area contributed by atoms with E-state index in [4.69, 9.17) is 27.6 Å². The summed E-state index contributed by atoms with van der Waals surface area (Å²) in [4.78, 5) is 28.3. The lowest BCUT2D eigenvalue weighted by molar-refractivity contribution is -0.137. The van der Waals surface area contributed by atoms with E-state index in [0.717, 1.165) is 5.56 Å². The van der Waals surface area contributed by atoms with Crippen molar-refractivity contribution in [2.75, 3.05) is 0 Å². The third-order valence-corrected chi connectivity index (χ3v) is 4.91. The van der Waals surface area contributed by atoms with Crippen LogP contribution in [0.15, 0.2) is 52.9 Å². The molecule has 0 saturated carbocycles. The normalized spacial score (nSPS) is 11.8. The van der Waals surface area contributed by atoms with Crippen LogP contribution in [0.5, 0.6) is 0 Å². The molecule has 2 N–H and O–H groups in total. The van der Waals surface area contributed by atoms with Crippen LogP contribution >= 0.6 is 23.2 Å². The number of carbonyl (C=O) groups excluding carboxylic acids is 1. The fourth-order valence-corrected chi connectivity index (χ4v) is 3.18. The van der Waals surface area contributed by atoms with Gasteiger partial charge >= 0.3 is 5.97 Å². The lowest BCUT2D eigenvalue weighted by Crippen LogP contribution is -2.31. The molecule has 2 aromatic carbocycles. The Morgan fingerprint density at radius 3 is 2.54 bits per heavy atom. The molecule has 0 aliphatic carbocycles. The molecule has 3 aromatic rings. The number of amides is 1. The third kappa shape index (κ3) is 4.35. The molecule has 1 aromatic heterocycles. The average molecular weight is 419 g/mol. The molecule has 0 radical (unpaired) electrons. The van der Waals surface area contributed by atoms with Gasteiger partial charge in [0, 0.05) is 5.56 Å². The van der Waals surface area contributed by atoms with Crippen molar-refractivity contribution >= 4 is 35.1 Å². The minimum Gasteiger partial charge on any atom is -0.481 e. The summed E-state index contributed by atoms with van der Waals surface area (Å²) < 4.78 is 5.60. The van der Waals surface area contributed by atoms with Gasteiger partial charge in [0.1, 0.15) is 5.76 Å². The van der Waals surface area contributed by atoms with Crippen molar-refractivity contribution in [3.05, 3.63) is 75.6 Å². The summed E-state index contributed by atoms with van der Waals surface area (Å²) >= 11 is 12.2. The Morgan fingerprint density at radius 1 is 1.14 bits per heavy atom. The Balaban J connectivity index is 1.89. The second kappa shape index (κ2) is 8.46. The molecule has 0 spiro atoms. The summed E-state index contributed by atoms with van der Waals surface area (Å²) in [6, 6.07) is 13.1. The lowest BCUT2D eigenvalue weighted by Gasteiger charge is -2.18. The van der Waals surface area contributed by atoms with E-state index in [1.165, 1.54) is 0 Å². The van der Waals surface area contributed by atoms with Crippen LogP contribution in [0.1, 0.15) is 34.3 Å². The van der Waals surface area contributed by atoms with Crippen molar-refractivity contribution < 1.29 is 19.1 Å². The van der Waals surface area contributed by atoms with E-state index in [-0.39, 0.29) is 22.2 Å². The van der Waals surface area contributed by atoms with Crippen molar-refractivity contribution in [2.45, 2.75) is 19.4 Å². The van der Waals surface area contributed by atoms with Gasteiger partial charge in [-0.15, -0.1) is 0 Å². The minimum absolute atomic E-state index is 0.0763. The highest BCUT2D eigenvalue weighted by Crippen LogP contribution is 2.32. The Hall–Kier alpha value is -2.83. The molecule has 0 bridgehead atoms. The number of carboxylic acids is 1. The SMILES string of the molecule is Cc1oc(-c2ccccc2)nc1C(=O)NC(CC(=O)O)c1cccc(Cl)c1Cl. The first-order valence-corrected chi connectivity index (χ1v) is 9.12. The molecule has 0 aliphatic heterocycles. The number of halogens is 2. The zero-order valence-electron chi connectivity index (χ0n) is 14.8. The van der Waals surface area contributed by atoms with Crippen molar-refractivity contribution in [3.8, 4) is 11.5 Å². The number of carboxylic acid groups (broad SMARTS) is 1. The third-order valence-electron chi connectivity index (χ3n) is 4.07. The molecule has 1 heterocycles. The number of hydrogen-bond donors (Lipinski definition) is 2. The summed E-state index contributed by atoms with van der Waals surface area (Å²) in [6.45, 7) is 1.62. The van der Waals surface area contributed by atoms with Crippen LogP contribution in [-0.4, -0.2) is 22.0 Å². The highest BCUT2D eigenvalue weighted by molar-refractivity contribution is 6.42. The van der Waals surface area contributed by atoms with Gasteiger partial charge in [0.15, 0.2) is 5.69 Å². The summed E-state index contributed by atoms with van der Waals surface area (Å²) in [5.41, 5.74) is 1.21. The maximum absolute atomic E-state index is 12.8. The fraction of sp³-hybridized carbons (Fsp3) is 0.150. The molecule has 28 heavy (non-hydrogen) atoms. The molecule has 8 heteroatoms. The summed E-state index contributed by atoms with van der Waals surface area (Å²) in [5, 5.41) is 12.4. The standard InChI is InChI=1S/C20H16Cl2N2O4/c1-11-18(24-20(28-11)12-6-3-2-4-7-12)19(27)23-15(10-16(25)26)13-8-5-9-14(21)17(13)22/h2-9,15H,10H2,1H3,(H,23,27)(H,25,26). The predicted octanol–water partition coefficient (Wildman–Crippen LogP) is 4.90. The van der Waals surface area contributed by atoms with Crippen LogP contribution in [0.4, 0.5) is 0 Å².